The van der Waals surface area contributed by atoms with Crippen molar-refractivity contribution in [2.75, 3.05) is 5.73 Å². The molecule has 1 aromatic carbocycles. The van der Waals surface area contributed by atoms with Crippen LogP contribution >= 0.6 is 0 Å². The number of hydrogen-bond donors (Lipinski definition) is 2. The number of nitrogens with two attached hydrogens (primary N) is 1. The molecule has 1 heterocycles. The molecule has 0 atom stereocenters. The van der Waals surface area contributed by atoms with Crippen LogP contribution in [-0.2, 0) is 11.3 Å². The fourth-order valence-corrected chi connectivity index (χ4v) is 2.07. The van der Waals surface area contributed by atoms with Gasteiger partial charge in [0.15, 0.2) is 0 Å². The molecule has 94 valence electrons. The number of nitrogens with one attached hydrogen (secondary N) is 1. The van der Waals surface area contributed by atoms with Crippen molar-refractivity contribution in [3.63, 3.8) is 0 Å². The second kappa shape index (κ2) is 4.01. The predicted octanol–water partition coefficient (Wildman–Crippen LogP) is 1.21. The highest BCUT2D eigenvalue weighted by Crippen LogP contribution is 2.20. The van der Waals surface area contributed by atoms with E-state index in [4.69, 9.17) is 5.73 Å². The number of nitrogens with zero attached hydrogens (tertiary/aromatic N) is 2. The van der Waals surface area contributed by atoms with E-state index in [1.807, 2.05) is 25.1 Å². The quantitative estimate of drug-likeness (QED) is 0.852. The van der Waals surface area contributed by atoms with E-state index in [-0.39, 0.29) is 12.5 Å². The van der Waals surface area contributed by atoms with Gasteiger partial charge in [-0.25, -0.2) is 4.98 Å². The van der Waals surface area contributed by atoms with Gasteiger partial charge in [0.1, 0.15) is 6.54 Å². The van der Waals surface area contributed by atoms with Crippen molar-refractivity contribution in [1.29, 1.82) is 0 Å². The number of aromatic nitrogens is 2. The summed E-state index contributed by atoms with van der Waals surface area (Å²) in [6, 6.07) is 6.30. The Labute approximate surface area is 105 Å². The van der Waals surface area contributed by atoms with Crippen LogP contribution in [0.4, 0.5) is 5.95 Å². The van der Waals surface area contributed by atoms with Crippen molar-refractivity contribution in [2.45, 2.75) is 32.4 Å². The van der Waals surface area contributed by atoms with Crippen LogP contribution in [0.1, 0.15) is 18.4 Å². The van der Waals surface area contributed by atoms with Gasteiger partial charge < -0.3 is 15.6 Å². The minimum Gasteiger partial charge on any atom is -0.369 e. The zero-order chi connectivity index (χ0) is 12.7. The lowest BCUT2D eigenvalue weighted by molar-refractivity contribution is -0.121. The molecule has 5 heteroatoms. The predicted molar refractivity (Wildman–Crippen MR) is 70.0 cm³/mol. The van der Waals surface area contributed by atoms with Crippen molar-refractivity contribution in [3.8, 4) is 0 Å². The van der Waals surface area contributed by atoms with Crippen LogP contribution in [0.25, 0.3) is 11.0 Å². The lowest BCUT2D eigenvalue weighted by Crippen LogP contribution is -2.29. The molecule has 3 N–H and O–H groups in total. The van der Waals surface area contributed by atoms with Gasteiger partial charge in [0, 0.05) is 6.04 Å². The van der Waals surface area contributed by atoms with Gasteiger partial charge in [0.05, 0.1) is 11.0 Å². The van der Waals surface area contributed by atoms with Crippen LogP contribution in [0.5, 0.6) is 0 Å². The van der Waals surface area contributed by atoms with Crippen LogP contribution in [0, 0.1) is 6.92 Å². The van der Waals surface area contributed by atoms with Crippen molar-refractivity contribution in [3.05, 3.63) is 23.8 Å². The first-order valence-electron chi connectivity index (χ1n) is 6.15. The van der Waals surface area contributed by atoms with E-state index in [0.717, 1.165) is 29.4 Å². The normalized spacial score (nSPS) is 14.9. The largest absolute Gasteiger partial charge is 0.369 e. The Bertz CT molecular complexity index is 613. The first-order chi connectivity index (χ1) is 8.63. The molecule has 1 fully saturated rings. The molecule has 2 aromatic rings. The molecule has 0 spiro atoms. The monoisotopic (exact) mass is 244 g/mol. The van der Waals surface area contributed by atoms with E-state index in [1.165, 1.54) is 0 Å². The molecule has 1 aliphatic rings. The third-order valence-electron chi connectivity index (χ3n) is 3.18. The Morgan fingerprint density at radius 2 is 2.33 bits per heavy atom. The summed E-state index contributed by atoms with van der Waals surface area (Å²) in [4.78, 5) is 16.1. The van der Waals surface area contributed by atoms with E-state index < -0.39 is 0 Å². The van der Waals surface area contributed by atoms with E-state index in [9.17, 15) is 4.79 Å². The van der Waals surface area contributed by atoms with Crippen molar-refractivity contribution >= 4 is 22.9 Å². The molecule has 0 unspecified atom stereocenters. The third-order valence-corrected chi connectivity index (χ3v) is 3.18. The number of aryl methyl sites for hydroxylation is 1. The SMILES string of the molecule is Cc1ccc2c(c1)nc(N)n2CC(=O)NC1CC1. The maximum atomic E-state index is 11.8. The Kier molecular flexibility index (Phi) is 2.47. The van der Waals surface area contributed by atoms with E-state index in [0.29, 0.717) is 12.0 Å². The maximum Gasteiger partial charge on any atom is 0.240 e. The summed E-state index contributed by atoms with van der Waals surface area (Å²) in [5.74, 6) is 0.394. The number of rotatable bonds is 3. The summed E-state index contributed by atoms with van der Waals surface area (Å²) in [6.45, 7) is 2.25. The highest BCUT2D eigenvalue weighted by molar-refractivity contribution is 5.83. The molecule has 0 saturated heterocycles. The van der Waals surface area contributed by atoms with Crippen LogP contribution < -0.4 is 11.1 Å². The number of amides is 1. The summed E-state index contributed by atoms with van der Waals surface area (Å²) in [7, 11) is 0. The van der Waals surface area contributed by atoms with Crippen LogP contribution in [0.3, 0.4) is 0 Å². The Morgan fingerprint density at radius 3 is 3.06 bits per heavy atom. The zero-order valence-electron chi connectivity index (χ0n) is 10.3. The molecule has 0 radical (unpaired) electrons. The highest BCUT2D eigenvalue weighted by Gasteiger charge is 2.23. The first kappa shape index (κ1) is 11.1. The Morgan fingerprint density at radius 1 is 1.56 bits per heavy atom. The van der Waals surface area contributed by atoms with Crippen LogP contribution in [0.2, 0.25) is 0 Å². The second-order valence-corrected chi connectivity index (χ2v) is 4.89. The number of fused-ring (bicyclic) bond motifs is 1. The lowest BCUT2D eigenvalue weighted by Gasteiger charge is -2.07. The molecule has 1 aromatic heterocycles. The molecule has 3 rings (SSSR count). The number of benzene rings is 1. The van der Waals surface area contributed by atoms with Crippen LogP contribution in [-0.4, -0.2) is 21.5 Å². The molecule has 18 heavy (non-hydrogen) atoms. The van der Waals surface area contributed by atoms with Gasteiger partial charge >= 0.3 is 0 Å². The fourth-order valence-electron chi connectivity index (χ4n) is 2.07. The average Bonchev–Trinajstić information content (AvgIpc) is 3.05. The van der Waals surface area contributed by atoms with Gasteiger partial charge in [-0.1, -0.05) is 6.07 Å². The summed E-state index contributed by atoms with van der Waals surface area (Å²) in [5, 5.41) is 2.95. The van der Waals surface area contributed by atoms with Crippen molar-refractivity contribution in [1.82, 2.24) is 14.9 Å². The zero-order valence-corrected chi connectivity index (χ0v) is 10.3. The molecule has 5 nitrogen and oxygen atoms in total. The molecule has 0 bridgehead atoms. The maximum absolute atomic E-state index is 11.8. The number of hydrogen-bond acceptors (Lipinski definition) is 3. The van der Waals surface area contributed by atoms with E-state index in [2.05, 4.69) is 10.3 Å². The molecular formula is C13H16N4O. The second-order valence-electron chi connectivity index (χ2n) is 4.89. The number of imidazole rings is 1. The van der Waals surface area contributed by atoms with E-state index >= 15 is 0 Å². The van der Waals surface area contributed by atoms with Gasteiger partial charge in [-0.15, -0.1) is 0 Å². The molecule has 1 aliphatic carbocycles. The number of anilines is 1. The van der Waals surface area contributed by atoms with Crippen LogP contribution in [0.15, 0.2) is 18.2 Å². The minimum absolute atomic E-state index is 0.00377. The topological polar surface area (TPSA) is 72.9 Å². The fraction of sp³-hybridized carbons (Fsp3) is 0.385. The van der Waals surface area contributed by atoms with Crippen molar-refractivity contribution < 1.29 is 4.79 Å². The number of nitrogen functional groups attached to an aromatic ring is 1. The minimum atomic E-state index is 0.00377. The summed E-state index contributed by atoms with van der Waals surface area (Å²) >= 11 is 0. The molecule has 1 saturated carbocycles. The van der Waals surface area contributed by atoms with Crippen molar-refractivity contribution in [2.24, 2.45) is 0 Å². The number of carbonyl (C=O) groups excluding carboxylic acids is 1. The van der Waals surface area contributed by atoms with Gasteiger partial charge in [0.25, 0.3) is 0 Å². The smallest absolute Gasteiger partial charge is 0.240 e. The highest BCUT2D eigenvalue weighted by atomic mass is 16.2. The number of carbonyl (C=O) groups is 1. The Hall–Kier alpha value is -2.04. The van der Waals surface area contributed by atoms with Gasteiger partial charge in [-0.2, -0.15) is 0 Å². The summed E-state index contributed by atoms with van der Waals surface area (Å²) < 4.78 is 1.76. The summed E-state index contributed by atoms with van der Waals surface area (Å²) in [6.07, 6.45) is 2.18. The molecular weight excluding hydrogens is 228 g/mol. The first-order valence-corrected chi connectivity index (χ1v) is 6.15. The van der Waals surface area contributed by atoms with Gasteiger partial charge in [0.2, 0.25) is 11.9 Å². The standard InChI is InChI=1S/C13H16N4O/c1-8-2-5-11-10(6-8)16-13(14)17(11)7-12(18)15-9-3-4-9/h2,5-6,9H,3-4,7H2,1H3,(H2,14,16)(H,15,18). The lowest BCUT2D eigenvalue weighted by atomic mass is 10.2. The van der Waals surface area contributed by atoms with Gasteiger partial charge in [-0.05, 0) is 37.5 Å². The third kappa shape index (κ3) is 2.03. The average molecular weight is 244 g/mol. The molecule has 1 amide bonds. The Balaban J connectivity index is 1.90. The summed E-state index contributed by atoms with van der Waals surface area (Å²) in [5.41, 5.74) is 8.75. The van der Waals surface area contributed by atoms with Gasteiger partial charge in [-0.3, -0.25) is 4.79 Å². The van der Waals surface area contributed by atoms with E-state index in [1.54, 1.807) is 4.57 Å². The molecule has 0 aliphatic heterocycles.